The zero-order chi connectivity index (χ0) is 36.8. The van der Waals surface area contributed by atoms with Crippen molar-refractivity contribution < 1.29 is 0 Å². The molecule has 11 rings (SSSR count). The molecular formula is C52H40N2S. The average Bonchev–Trinajstić information content (AvgIpc) is 3.84. The van der Waals surface area contributed by atoms with E-state index in [9.17, 15) is 0 Å². The summed E-state index contributed by atoms with van der Waals surface area (Å²) < 4.78 is 5.25. The number of allylic oxidation sites excluding steroid dienone is 4. The Balaban J connectivity index is 1.16. The first-order chi connectivity index (χ1) is 26.9. The van der Waals surface area contributed by atoms with Crippen LogP contribution in [0.5, 0.6) is 0 Å². The van der Waals surface area contributed by atoms with Gasteiger partial charge in [-0.05, 0) is 100 Å². The molecule has 0 N–H and O–H groups in total. The Labute approximate surface area is 325 Å². The maximum absolute atomic E-state index is 2.55. The summed E-state index contributed by atoms with van der Waals surface area (Å²) in [5.41, 5.74) is 15.1. The van der Waals surface area contributed by atoms with Crippen molar-refractivity contribution in [2.45, 2.75) is 32.6 Å². The minimum atomic E-state index is -0.103. The normalized spacial score (nSPS) is 15.8. The molecule has 0 aliphatic heterocycles. The van der Waals surface area contributed by atoms with Gasteiger partial charge in [0.25, 0.3) is 0 Å². The number of hydrogen-bond donors (Lipinski definition) is 0. The van der Waals surface area contributed by atoms with Crippen molar-refractivity contribution in [2.24, 2.45) is 5.92 Å². The number of anilines is 3. The molecule has 55 heavy (non-hydrogen) atoms. The van der Waals surface area contributed by atoms with Gasteiger partial charge in [-0.15, -0.1) is 11.3 Å². The van der Waals surface area contributed by atoms with Crippen LogP contribution in [0.15, 0.2) is 170 Å². The standard InChI is InChI=1S/C52H40N2S/c1-33-12-11-15-37(30-33)54-47-29-28-43-42-17-8-10-19-49(42)55-51(43)50(47)44-27-25-39(32-48(44)54)53(36-22-20-35(21-23-36)34-13-5-4-6-14-34)38-24-26-41-40-16-7-9-18-45(40)52(2,3)46(41)31-38/h4-29,31-33H,30H2,1-3H3. The van der Waals surface area contributed by atoms with E-state index in [0.717, 1.165) is 23.5 Å². The predicted octanol–water partition coefficient (Wildman–Crippen LogP) is 15.0. The van der Waals surface area contributed by atoms with Gasteiger partial charge in [-0.2, -0.15) is 0 Å². The molecule has 264 valence electrons. The summed E-state index contributed by atoms with van der Waals surface area (Å²) in [6.07, 6.45) is 7.88. The summed E-state index contributed by atoms with van der Waals surface area (Å²) in [6.45, 7) is 7.06. The van der Waals surface area contributed by atoms with E-state index in [4.69, 9.17) is 0 Å². The molecule has 1 unspecified atom stereocenters. The van der Waals surface area contributed by atoms with Gasteiger partial charge in [0.2, 0.25) is 0 Å². The van der Waals surface area contributed by atoms with Crippen molar-refractivity contribution in [1.29, 1.82) is 0 Å². The van der Waals surface area contributed by atoms with Gasteiger partial charge in [0.15, 0.2) is 0 Å². The third kappa shape index (κ3) is 4.93. The third-order valence-electron chi connectivity index (χ3n) is 12.1. The molecule has 7 aromatic carbocycles. The molecule has 0 spiro atoms. The van der Waals surface area contributed by atoms with E-state index >= 15 is 0 Å². The lowest BCUT2D eigenvalue weighted by atomic mass is 9.82. The number of thiophene rings is 1. The average molecular weight is 725 g/mol. The van der Waals surface area contributed by atoms with Crippen LogP contribution in [0.25, 0.3) is 69.9 Å². The Morgan fingerprint density at radius 1 is 0.600 bits per heavy atom. The second kappa shape index (κ2) is 12.2. The Morgan fingerprint density at radius 3 is 2.15 bits per heavy atom. The van der Waals surface area contributed by atoms with Crippen LogP contribution in [0.1, 0.15) is 38.3 Å². The summed E-state index contributed by atoms with van der Waals surface area (Å²) in [5.74, 6) is 0.474. The Hall–Kier alpha value is -6.16. The van der Waals surface area contributed by atoms with Gasteiger partial charge in [0, 0.05) is 59.1 Å². The monoisotopic (exact) mass is 724 g/mol. The summed E-state index contributed by atoms with van der Waals surface area (Å²) in [7, 11) is 0. The van der Waals surface area contributed by atoms with Crippen molar-refractivity contribution in [3.05, 3.63) is 181 Å². The van der Waals surface area contributed by atoms with Crippen LogP contribution in [-0.4, -0.2) is 4.57 Å². The quantitative estimate of drug-likeness (QED) is 0.172. The van der Waals surface area contributed by atoms with E-state index in [-0.39, 0.29) is 5.41 Å². The smallest absolute Gasteiger partial charge is 0.0559 e. The van der Waals surface area contributed by atoms with Crippen LogP contribution in [0.3, 0.4) is 0 Å². The first kappa shape index (κ1) is 32.3. The fourth-order valence-electron chi connectivity index (χ4n) is 9.42. The lowest BCUT2D eigenvalue weighted by Gasteiger charge is -2.28. The maximum atomic E-state index is 2.55. The number of hydrogen-bond acceptors (Lipinski definition) is 2. The van der Waals surface area contributed by atoms with Gasteiger partial charge in [0.05, 0.1) is 11.0 Å². The van der Waals surface area contributed by atoms with Crippen molar-refractivity contribution in [3.63, 3.8) is 0 Å². The van der Waals surface area contributed by atoms with Crippen molar-refractivity contribution >= 4 is 76.1 Å². The van der Waals surface area contributed by atoms with Crippen LogP contribution in [0.4, 0.5) is 17.1 Å². The molecule has 1 atom stereocenters. The lowest BCUT2D eigenvalue weighted by molar-refractivity contribution is 0.660. The second-order valence-electron chi connectivity index (χ2n) is 15.8. The van der Waals surface area contributed by atoms with Gasteiger partial charge in [-0.25, -0.2) is 0 Å². The van der Waals surface area contributed by atoms with Gasteiger partial charge >= 0.3 is 0 Å². The Morgan fingerprint density at radius 2 is 1.29 bits per heavy atom. The van der Waals surface area contributed by atoms with Gasteiger partial charge in [-0.1, -0.05) is 136 Å². The van der Waals surface area contributed by atoms with E-state index in [0.29, 0.717) is 5.92 Å². The third-order valence-corrected chi connectivity index (χ3v) is 13.3. The largest absolute Gasteiger partial charge is 0.313 e. The number of aromatic nitrogens is 1. The van der Waals surface area contributed by atoms with Crippen molar-refractivity contribution in [1.82, 2.24) is 4.57 Å². The van der Waals surface area contributed by atoms with Crippen LogP contribution in [0, 0.1) is 5.92 Å². The van der Waals surface area contributed by atoms with Crippen molar-refractivity contribution in [3.8, 4) is 22.3 Å². The summed E-state index contributed by atoms with van der Waals surface area (Å²) >= 11 is 1.92. The van der Waals surface area contributed by atoms with Crippen LogP contribution >= 0.6 is 11.3 Å². The van der Waals surface area contributed by atoms with Crippen LogP contribution < -0.4 is 4.90 Å². The Bertz CT molecular complexity index is 3050. The summed E-state index contributed by atoms with van der Waals surface area (Å²) in [6, 6.07) is 56.5. The topological polar surface area (TPSA) is 8.17 Å². The summed E-state index contributed by atoms with van der Waals surface area (Å²) in [5, 5.41) is 5.31. The first-order valence-corrected chi connectivity index (χ1v) is 20.2. The first-order valence-electron chi connectivity index (χ1n) is 19.4. The van der Waals surface area contributed by atoms with Crippen LogP contribution in [-0.2, 0) is 5.41 Å². The van der Waals surface area contributed by atoms with Gasteiger partial charge < -0.3 is 9.47 Å². The van der Waals surface area contributed by atoms with Crippen LogP contribution in [0.2, 0.25) is 0 Å². The highest BCUT2D eigenvalue weighted by Gasteiger charge is 2.36. The van der Waals surface area contributed by atoms with Crippen molar-refractivity contribution in [2.75, 3.05) is 4.90 Å². The Kier molecular flexibility index (Phi) is 7.15. The minimum absolute atomic E-state index is 0.103. The van der Waals surface area contributed by atoms with E-state index in [1.807, 2.05) is 11.3 Å². The molecule has 0 saturated heterocycles. The highest BCUT2D eigenvalue weighted by Crippen LogP contribution is 2.51. The van der Waals surface area contributed by atoms with Gasteiger partial charge in [0.1, 0.15) is 0 Å². The lowest BCUT2D eigenvalue weighted by Crippen LogP contribution is -2.16. The molecule has 2 aromatic heterocycles. The molecule has 2 aliphatic rings. The molecule has 0 fully saturated rings. The maximum Gasteiger partial charge on any atom is 0.0559 e. The van der Waals surface area contributed by atoms with E-state index in [2.05, 4.69) is 200 Å². The molecule has 2 aliphatic carbocycles. The summed E-state index contributed by atoms with van der Waals surface area (Å²) in [4.78, 5) is 2.46. The number of benzene rings is 7. The highest BCUT2D eigenvalue weighted by atomic mass is 32.1. The van der Waals surface area contributed by atoms with E-state index in [1.54, 1.807) is 0 Å². The second-order valence-corrected chi connectivity index (χ2v) is 16.9. The zero-order valence-corrected chi connectivity index (χ0v) is 32.1. The van der Waals surface area contributed by atoms with E-state index < -0.39 is 0 Å². The minimum Gasteiger partial charge on any atom is -0.313 e. The molecular weight excluding hydrogens is 685 g/mol. The number of fused-ring (bicyclic) bond motifs is 10. The molecule has 0 amide bonds. The molecule has 2 heterocycles. The SMILES string of the molecule is CC1C=CC=C(n2c3cc(N(c4ccc(-c5ccccc5)cc4)c4ccc5c(c4)C(C)(C)c4ccccc4-5)ccc3c3c4sc5ccccc5c4ccc32)C1. The molecule has 2 nitrogen and oxygen atoms in total. The fraction of sp³-hybridized carbons (Fsp3) is 0.115. The molecule has 9 aromatic rings. The number of rotatable bonds is 5. The molecule has 3 heteroatoms. The predicted molar refractivity (Wildman–Crippen MR) is 237 cm³/mol. The zero-order valence-electron chi connectivity index (χ0n) is 31.3. The van der Waals surface area contributed by atoms with E-state index in [1.165, 1.54) is 81.1 Å². The fourth-order valence-corrected chi connectivity index (χ4v) is 10.7. The molecule has 0 bridgehead atoms. The number of nitrogens with zero attached hydrogens (tertiary/aromatic N) is 2. The highest BCUT2D eigenvalue weighted by molar-refractivity contribution is 7.26. The molecule has 0 radical (unpaired) electrons. The molecule has 0 saturated carbocycles. The van der Waals surface area contributed by atoms with Gasteiger partial charge in [-0.3, -0.25) is 0 Å².